The van der Waals surface area contributed by atoms with Gasteiger partial charge in [0.05, 0.1) is 10.6 Å². The lowest BCUT2D eigenvalue weighted by molar-refractivity contribution is -0.115. The first kappa shape index (κ1) is 19.4. The van der Waals surface area contributed by atoms with E-state index in [4.69, 9.17) is 0 Å². The molecule has 0 saturated heterocycles. The number of anilines is 1. The van der Waals surface area contributed by atoms with E-state index in [0.717, 1.165) is 22.4 Å². The number of fused-ring (bicyclic) bond motifs is 1. The number of hydrogen-bond acceptors (Lipinski definition) is 5. The van der Waals surface area contributed by atoms with Crippen LogP contribution in [0.25, 0.3) is 21.3 Å². The second kappa shape index (κ2) is 8.23. The van der Waals surface area contributed by atoms with Crippen molar-refractivity contribution in [1.82, 2.24) is 9.97 Å². The Kier molecular flexibility index (Phi) is 5.51. The summed E-state index contributed by atoms with van der Waals surface area (Å²) in [6.45, 7) is 3.79. The van der Waals surface area contributed by atoms with Gasteiger partial charge in [-0.15, -0.1) is 11.3 Å². The quantitative estimate of drug-likeness (QED) is 0.348. The Morgan fingerprint density at radius 1 is 1.14 bits per heavy atom. The molecule has 1 atom stereocenters. The van der Waals surface area contributed by atoms with Gasteiger partial charge < -0.3 is 10.3 Å². The van der Waals surface area contributed by atoms with E-state index >= 15 is 0 Å². The summed E-state index contributed by atoms with van der Waals surface area (Å²) >= 11 is 2.67. The van der Waals surface area contributed by atoms with E-state index in [-0.39, 0.29) is 11.5 Å². The van der Waals surface area contributed by atoms with Crippen LogP contribution >= 0.6 is 23.1 Å². The number of aromatic amines is 1. The number of aromatic nitrogens is 2. The molecule has 4 aromatic rings. The summed E-state index contributed by atoms with van der Waals surface area (Å²) in [5.74, 6) is -0.141. The molecular weight excluding hydrogens is 402 g/mol. The van der Waals surface area contributed by atoms with Gasteiger partial charge in [-0.1, -0.05) is 59.8 Å². The standard InChI is InChI=1S/C22H19N3O2S2/c1-13-8-10-16(11-9-13)23-19(26)14(2)29-22-24-20(27)18-17(12-28-21(18)25-22)15-6-4-3-5-7-15/h3-12,14H,1-2H3,(H,23,26)(H,24,25,27). The first-order valence-electron chi connectivity index (χ1n) is 9.12. The van der Waals surface area contributed by atoms with Crippen molar-refractivity contribution in [1.29, 1.82) is 0 Å². The van der Waals surface area contributed by atoms with Crippen LogP contribution in [0.1, 0.15) is 12.5 Å². The first-order chi connectivity index (χ1) is 14.0. The number of thiophene rings is 1. The van der Waals surface area contributed by atoms with Crippen LogP contribution in [0.2, 0.25) is 0 Å². The summed E-state index contributed by atoms with van der Waals surface area (Å²) in [6.07, 6.45) is 0. The average molecular weight is 422 g/mol. The van der Waals surface area contributed by atoms with Gasteiger partial charge in [0.2, 0.25) is 5.91 Å². The fraction of sp³-hybridized carbons (Fsp3) is 0.136. The third-order valence-electron chi connectivity index (χ3n) is 4.48. The van der Waals surface area contributed by atoms with E-state index < -0.39 is 5.25 Å². The molecule has 146 valence electrons. The Bertz CT molecular complexity index is 1210. The molecule has 0 spiro atoms. The van der Waals surface area contributed by atoms with E-state index in [2.05, 4.69) is 15.3 Å². The molecule has 2 aromatic carbocycles. The van der Waals surface area contributed by atoms with E-state index in [1.165, 1.54) is 23.1 Å². The van der Waals surface area contributed by atoms with E-state index in [1.54, 1.807) is 6.92 Å². The maximum Gasteiger partial charge on any atom is 0.260 e. The Balaban J connectivity index is 1.54. The molecule has 0 fully saturated rings. The molecule has 0 bridgehead atoms. The van der Waals surface area contributed by atoms with Crippen molar-refractivity contribution in [2.75, 3.05) is 5.32 Å². The maximum atomic E-state index is 12.7. The van der Waals surface area contributed by atoms with Gasteiger partial charge in [0.25, 0.3) is 5.56 Å². The highest BCUT2D eigenvalue weighted by molar-refractivity contribution is 8.00. The Morgan fingerprint density at radius 3 is 2.59 bits per heavy atom. The third-order valence-corrected chi connectivity index (χ3v) is 6.34. The van der Waals surface area contributed by atoms with Crippen LogP contribution in [-0.4, -0.2) is 21.1 Å². The van der Waals surface area contributed by atoms with Gasteiger partial charge in [0.1, 0.15) is 4.83 Å². The minimum absolute atomic E-state index is 0.141. The molecule has 0 radical (unpaired) electrons. The molecule has 0 saturated carbocycles. The Morgan fingerprint density at radius 2 is 1.86 bits per heavy atom. The number of amides is 1. The molecule has 5 nitrogen and oxygen atoms in total. The second-order valence-electron chi connectivity index (χ2n) is 6.68. The van der Waals surface area contributed by atoms with Crippen molar-refractivity contribution in [2.45, 2.75) is 24.3 Å². The van der Waals surface area contributed by atoms with Gasteiger partial charge >= 0.3 is 0 Å². The summed E-state index contributed by atoms with van der Waals surface area (Å²) in [5.41, 5.74) is 3.55. The average Bonchev–Trinajstić information content (AvgIpc) is 3.15. The number of aryl methyl sites for hydroxylation is 1. The normalized spacial score (nSPS) is 12.1. The molecule has 29 heavy (non-hydrogen) atoms. The fourth-order valence-electron chi connectivity index (χ4n) is 2.92. The van der Waals surface area contributed by atoms with E-state index in [1.807, 2.05) is 66.9 Å². The topological polar surface area (TPSA) is 74.8 Å². The molecule has 7 heteroatoms. The van der Waals surface area contributed by atoms with Gasteiger partial charge in [0, 0.05) is 16.6 Å². The zero-order valence-corrected chi connectivity index (χ0v) is 17.6. The molecular formula is C22H19N3O2S2. The molecule has 0 aliphatic rings. The molecule has 4 rings (SSSR count). The third kappa shape index (κ3) is 4.26. The minimum Gasteiger partial charge on any atom is -0.325 e. The number of nitrogens with one attached hydrogen (secondary N) is 2. The number of H-pyrrole nitrogens is 1. The highest BCUT2D eigenvalue weighted by Crippen LogP contribution is 2.32. The van der Waals surface area contributed by atoms with Gasteiger partial charge in [-0.3, -0.25) is 9.59 Å². The SMILES string of the molecule is Cc1ccc(NC(=O)C(C)Sc2nc3scc(-c4ccccc4)c3c(=O)[nH]2)cc1. The largest absolute Gasteiger partial charge is 0.325 e. The number of thioether (sulfide) groups is 1. The van der Waals surface area contributed by atoms with Crippen molar-refractivity contribution in [3.63, 3.8) is 0 Å². The molecule has 1 unspecified atom stereocenters. The number of nitrogens with zero attached hydrogens (tertiary/aromatic N) is 1. The molecule has 0 aliphatic heterocycles. The maximum absolute atomic E-state index is 12.7. The number of hydrogen-bond donors (Lipinski definition) is 2. The molecule has 0 aliphatic carbocycles. The van der Waals surface area contributed by atoms with Crippen LogP contribution in [-0.2, 0) is 4.79 Å². The Labute approximate surface area is 176 Å². The highest BCUT2D eigenvalue weighted by atomic mass is 32.2. The first-order valence-corrected chi connectivity index (χ1v) is 10.9. The summed E-state index contributed by atoms with van der Waals surface area (Å²) in [7, 11) is 0. The monoisotopic (exact) mass is 421 g/mol. The molecule has 2 N–H and O–H groups in total. The summed E-state index contributed by atoms with van der Waals surface area (Å²) < 4.78 is 0. The number of carbonyl (C=O) groups is 1. The Hall–Kier alpha value is -2.90. The van der Waals surface area contributed by atoms with Gasteiger partial charge in [-0.2, -0.15) is 0 Å². The zero-order chi connectivity index (χ0) is 20.4. The van der Waals surface area contributed by atoms with Crippen LogP contribution < -0.4 is 10.9 Å². The van der Waals surface area contributed by atoms with E-state index in [0.29, 0.717) is 15.4 Å². The summed E-state index contributed by atoms with van der Waals surface area (Å²) in [6, 6.07) is 17.4. The minimum atomic E-state index is -0.412. The lowest BCUT2D eigenvalue weighted by atomic mass is 10.1. The van der Waals surface area contributed by atoms with Crippen LogP contribution in [0.5, 0.6) is 0 Å². The van der Waals surface area contributed by atoms with Crippen molar-refractivity contribution >= 4 is 44.9 Å². The molecule has 1 amide bonds. The van der Waals surface area contributed by atoms with Crippen molar-refractivity contribution < 1.29 is 4.79 Å². The van der Waals surface area contributed by atoms with Crippen molar-refractivity contribution in [3.05, 3.63) is 75.9 Å². The van der Waals surface area contributed by atoms with E-state index in [9.17, 15) is 9.59 Å². The van der Waals surface area contributed by atoms with Gasteiger partial charge in [-0.25, -0.2) is 4.98 Å². The van der Waals surface area contributed by atoms with Gasteiger partial charge in [0.15, 0.2) is 5.16 Å². The van der Waals surface area contributed by atoms with Crippen LogP contribution in [0, 0.1) is 6.92 Å². The number of benzene rings is 2. The van der Waals surface area contributed by atoms with Crippen LogP contribution in [0.15, 0.2) is 69.9 Å². The number of rotatable bonds is 5. The summed E-state index contributed by atoms with van der Waals surface area (Å²) in [4.78, 5) is 33.3. The predicted octanol–water partition coefficient (Wildman–Crippen LogP) is 5.08. The molecule has 2 aromatic heterocycles. The van der Waals surface area contributed by atoms with Crippen LogP contribution in [0.4, 0.5) is 5.69 Å². The lowest BCUT2D eigenvalue weighted by Gasteiger charge is -2.11. The van der Waals surface area contributed by atoms with Crippen molar-refractivity contribution in [2.24, 2.45) is 0 Å². The predicted molar refractivity (Wildman–Crippen MR) is 121 cm³/mol. The number of carbonyl (C=O) groups excluding carboxylic acids is 1. The van der Waals surface area contributed by atoms with Gasteiger partial charge in [-0.05, 0) is 31.5 Å². The zero-order valence-electron chi connectivity index (χ0n) is 15.9. The van der Waals surface area contributed by atoms with Crippen molar-refractivity contribution in [3.8, 4) is 11.1 Å². The smallest absolute Gasteiger partial charge is 0.260 e. The summed E-state index contributed by atoms with van der Waals surface area (Å²) in [5, 5.41) is 5.45. The second-order valence-corrected chi connectivity index (χ2v) is 8.87. The highest BCUT2D eigenvalue weighted by Gasteiger charge is 2.18. The lowest BCUT2D eigenvalue weighted by Crippen LogP contribution is -2.23. The molecule has 2 heterocycles. The fourth-order valence-corrected chi connectivity index (χ4v) is 4.72. The van der Waals surface area contributed by atoms with Crippen LogP contribution in [0.3, 0.4) is 0 Å².